The topological polar surface area (TPSA) is 88.9 Å². The monoisotopic (exact) mass is 455 g/mol. The van der Waals surface area contributed by atoms with Crippen molar-refractivity contribution in [2.45, 2.75) is 32.0 Å². The zero-order chi connectivity index (χ0) is 23.3. The normalized spacial score (nSPS) is 11.9. The maximum absolute atomic E-state index is 14.0. The van der Waals surface area contributed by atoms with Crippen molar-refractivity contribution < 1.29 is 14.0 Å². The second-order valence-electron chi connectivity index (χ2n) is 7.78. The van der Waals surface area contributed by atoms with Gasteiger partial charge in [-0.3, -0.25) is 9.59 Å². The molecule has 3 aromatic rings. The van der Waals surface area contributed by atoms with E-state index >= 15 is 0 Å². The van der Waals surface area contributed by atoms with Gasteiger partial charge in [0.25, 0.3) is 5.91 Å². The third-order valence-electron chi connectivity index (χ3n) is 4.87. The zero-order valence-electron chi connectivity index (χ0n) is 18.4. The van der Waals surface area contributed by atoms with Crippen LogP contribution in [0, 0.1) is 18.7 Å². The van der Waals surface area contributed by atoms with Gasteiger partial charge in [-0.05, 0) is 42.7 Å². The highest BCUT2D eigenvalue weighted by molar-refractivity contribution is 7.99. The second kappa shape index (κ2) is 10.4. The molecule has 7 nitrogen and oxygen atoms in total. The molecule has 168 valence electrons. The lowest BCUT2D eigenvalue weighted by atomic mass is 10.0. The number of carbonyl (C=O) groups is 2. The lowest BCUT2D eigenvalue weighted by molar-refractivity contribution is -0.113. The molecule has 32 heavy (non-hydrogen) atoms. The summed E-state index contributed by atoms with van der Waals surface area (Å²) in [6, 6.07) is 13.3. The van der Waals surface area contributed by atoms with Gasteiger partial charge in [0.15, 0.2) is 11.0 Å². The second-order valence-corrected chi connectivity index (χ2v) is 8.72. The van der Waals surface area contributed by atoms with Gasteiger partial charge in [0.1, 0.15) is 5.82 Å². The Labute approximate surface area is 190 Å². The van der Waals surface area contributed by atoms with Crippen molar-refractivity contribution in [3.05, 3.63) is 71.3 Å². The number of hydrogen-bond acceptors (Lipinski definition) is 5. The van der Waals surface area contributed by atoms with Gasteiger partial charge in [-0.2, -0.15) is 0 Å². The Kier molecular flexibility index (Phi) is 7.63. The van der Waals surface area contributed by atoms with Crippen LogP contribution < -0.4 is 10.6 Å². The van der Waals surface area contributed by atoms with Crippen molar-refractivity contribution in [3.63, 3.8) is 0 Å². The summed E-state index contributed by atoms with van der Waals surface area (Å²) in [5.41, 5.74) is 1.49. The number of benzene rings is 2. The molecule has 0 bridgehead atoms. The van der Waals surface area contributed by atoms with Gasteiger partial charge in [0, 0.05) is 12.6 Å². The summed E-state index contributed by atoms with van der Waals surface area (Å²) in [6.45, 7) is 5.75. The molecule has 0 saturated carbocycles. The Morgan fingerprint density at radius 1 is 1.12 bits per heavy atom. The van der Waals surface area contributed by atoms with E-state index in [1.54, 1.807) is 36.7 Å². The summed E-state index contributed by atoms with van der Waals surface area (Å²) in [7, 11) is 1.79. The van der Waals surface area contributed by atoms with Crippen molar-refractivity contribution in [1.82, 2.24) is 20.1 Å². The van der Waals surface area contributed by atoms with E-state index in [4.69, 9.17) is 0 Å². The van der Waals surface area contributed by atoms with Crippen molar-refractivity contribution in [2.24, 2.45) is 13.0 Å². The van der Waals surface area contributed by atoms with Crippen molar-refractivity contribution in [2.75, 3.05) is 11.1 Å². The molecule has 0 aliphatic heterocycles. The maximum Gasteiger partial charge on any atom is 0.251 e. The minimum Gasteiger partial charge on any atom is -0.342 e. The molecule has 1 atom stereocenters. The summed E-state index contributed by atoms with van der Waals surface area (Å²) in [5.74, 6) is -0.311. The number of aromatic nitrogens is 3. The first-order valence-electron chi connectivity index (χ1n) is 10.2. The SMILES string of the molecule is Cc1ccc(NC(=O)CSc2nnc(C(NC(=O)c3ccccc3)C(C)C)n2C)c(F)c1. The average molecular weight is 456 g/mol. The summed E-state index contributed by atoms with van der Waals surface area (Å²) < 4.78 is 15.7. The van der Waals surface area contributed by atoms with E-state index in [2.05, 4.69) is 20.8 Å². The van der Waals surface area contributed by atoms with Crippen LogP contribution in [0.3, 0.4) is 0 Å². The van der Waals surface area contributed by atoms with E-state index < -0.39 is 5.82 Å². The van der Waals surface area contributed by atoms with Crippen LogP contribution in [0.25, 0.3) is 0 Å². The maximum atomic E-state index is 14.0. The zero-order valence-corrected chi connectivity index (χ0v) is 19.2. The van der Waals surface area contributed by atoms with E-state index in [1.807, 2.05) is 32.0 Å². The third kappa shape index (κ3) is 5.73. The van der Waals surface area contributed by atoms with Gasteiger partial charge in [0.05, 0.1) is 17.5 Å². The number of hydrogen-bond donors (Lipinski definition) is 2. The number of anilines is 1. The Morgan fingerprint density at radius 3 is 2.50 bits per heavy atom. The number of nitrogens with one attached hydrogen (secondary N) is 2. The molecular formula is C23H26FN5O2S. The van der Waals surface area contributed by atoms with Gasteiger partial charge >= 0.3 is 0 Å². The number of amides is 2. The van der Waals surface area contributed by atoms with Crippen LogP contribution in [0.5, 0.6) is 0 Å². The molecule has 1 heterocycles. The van der Waals surface area contributed by atoms with E-state index in [1.165, 1.54) is 23.9 Å². The van der Waals surface area contributed by atoms with Crippen LogP contribution >= 0.6 is 11.8 Å². The van der Waals surface area contributed by atoms with Gasteiger partial charge in [-0.1, -0.05) is 49.9 Å². The molecule has 0 aliphatic rings. The first-order chi connectivity index (χ1) is 15.3. The molecule has 2 aromatic carbocycles. The lowest BCUT2D eigenvalue weighted by Crippen LogP contribution is -2.33. The van der Waals surface area contributed by atoms with Gasteiger partial charge in [-0.15, -0.1) is 10.2 Å². The molecule has 2 amide bonds. The fourth-order valence-electron chi connectivity index (χ4n) is 3.10. The fourth-order valence-corrected chi connectivity index (χ4v) is 3.82. The molecule has 2 N–H and O–H groups in total. The minimum atomic E-state index is -0.474. The Bertz CT molecular complexity index is 1100. The standard InChI is InChI=1S/C23H26FN5O2S/c1-14(2)20(26-22(31)16-8-6-5-7-9-16)21-27-28-23(29(21)4)32-13-19(30)25-18-11-10-15(3)12-17(18)24/h5-12,14,20H,13H2,1-4H3,(H,25,30)(H,26,31). The Balaban J connectivity index is 1.66. The van der Waals surface area contributed by atoms with Crippen LogP contribution in [-0.4, -0.2) is 32.3 Å². The molecular weight excluding hydrogens is 429 g/mol. The van der Waals surface area contributed by atoms with Crippen molar-refractivity contribution in [3.8, 4) is 0 Å². The highest BCUT2D eigenvalue weighted by atomic mass is 32.2. The molecule has 0 spiro atoms. The lowest BCUT2D eigenvalue weighted by Gasteiger charge is -2.21. The van der Waals surface area contributed by atoms with E-state index in [9.17, 15) is 14.0 Å². The quantitative estimate of drug-likeness (QED) is 0.499. The number of rotatable bonds is 8. The molecule has 0 saturated heterocycles. The fraction of sp³-hybridized carbons (Fsp3) is 0.304. The van der Waals surface area contributed by atoms with Crippen LogP contribution in [0.1, 0.15) is 41.6 Å². The molecule has 0 radical (unpaired) electrons. The molecule has 0 fully saturated rings. The van der Waals surface area contributed by atoms with E-state index in [0.717, 1.165) is 5.56 Å². The van der Waals surface area contributed by atoms with Crippen LogP contribution in [0.2, 0.25) is 0 Å². The van der Waals surface area contributed by atoms with Crippen LogP contribution in [0.15, 0.2) is 53.7 Å². The van der Waals surface area contributed by atoms with E-state index in [-0.39, 0.29) is 35.2 Å². The van der Waals surface area contributed by atoms with Gasteiger partial charge in [0.2, 0.25) is 5.91 Å². The summed E-state index contributed by atoms with van der Waals surface area (Å²) in [5, 5.41) is 14.5. The molecule has 0 aliphatic carbocycles. The minimum absolute atomic E-state index is 0.0437. The van der Waals surface area contributed by atoms with Crippen LogP contribution in [0.4, 0.5) is 10.1 Å². The smallest absolute Gasteiger partial charge is 0.251 e. The van der Waals surface area contributed by atoms with Gasteiger partial charge < -0.3 is 15.2 Å². The molecule has 3 rings (SSSR count). The Hall–Kier alpha value is -3.20. The first-order valence-corrected chi connectivity index (χ1v) is 11.2. The highest BCUT2D eigenvalue weighted by Crippen LogP contribution is 2.25. The number of carbonyl (C=O) groups excluding carboxylic acids is 2. The predicted molar refractivity (Wildman–Crippen MR) is 123 cm³/mol. The Morgan fingerprint density at radius 2 is 1.84 bits per heavy atom. The number of halogens is 1. The summed E-state index contributed by atoms with van der Waals surface area (Å²) in [4.78, 5) is 24.9. The number of thioether (sulfide) groups is 1. The van der Waals surface area contributed by atoms with Gasteiger partial charge in [-0.25, -0.2) is 4.39 Å². The molecule has 1 unspecified atom stereocenters. The number of nitrogens with zero attached hydrogens (tertiary/aromatic N) is 3. The van der Waals surface area contributed by atoms with Crippen molar-refractivity contribution >= 4 is 29.3 Å². The first kappa shape index (κ1) is 23.5. The predicted octanol–water partition coefficient (Wildman–Crippen LogP) is 4.12. The number of aryl methyl sites for hydroxylation is 1. The molecule has 9 heteroatoms. The highest BCUT2D eigenvalue weighted by Gasteiger charge is 2.25. The summed E-state index contributed by atoms with van der Waals surface area (Å²) in [6.07, 6.45) is 0. The van der Waals surface area contributed by atoms with Crippen LogP contribution in [-0.2, 0) is 11.8 Å². The largest absolute Gasteiger partial charge is 0.342 e. The molecule has 1 aromatic heterocycles. The average Bonchev–Trinajstić information content (AvgIpc) is 3.12. The van der Waals surface area contributed by atoms with Crippen molar-refractivity contribution in [1.29, 1.82) is 0 Å². The third-order valence-corrected chi connectivity index (χ3v) is 5.89. The summed E-state index contributed by atoms with van der Waals surface area (Å²) >= 11 is 1.19. The van der Waals surface area contributed by atoms with E-state index in [0.29, 0.717) is 16.5 Å².